The molecule has 0 aliphatic heterocycles. The van der Waals surface area contributed by atoms with Gasteiger partial charge in [-0.3, -0.25) is 0 Å². The molecule has 0 aliphatic rings. The van der Waals surface area contributed by atoms with E-state index in [1.165, 1.54) is 0 Å². The zero-order valence-electron chi connectivity index (χ0n) is 5.88. The van der Waals surface area contributed by atoms with Gasteiger partial charge in [0.2, 0.25) is 0 Å². The van der Waals surface area contributed by atoms with Gasteiger partial charge in [0.05, 0.1) is 6.61 Å². The Morgan fingerprint density at radius 1 is 1.11 bits per heavy atom. The third-order valence-corrected chi connectivity index (χ3v) is 0.947. The summed E-state index contributed by atoms with van der Waals surface area (Å²) in [7, 11) is 0. The summed E-state index contributed by atoms with van der Waals surface area (Å²) < 4.78 is 0. The predicted molar refractivity (Wildman–Crippen MR) is 40.3 cm³/mol. The van der Waals surface area contributed by atoms with Crippen LogP contribution >= 0.6 is 0 Å². The number of hydrogen-bond acceptors (Lipinski definition) is 1. The van der Waals surface area contributed by atoms with Crippen LogP contribution in [0.1, 0.15) is 19.8 Å². The van der Waals surface area contributed by atoms with Gasteiger partial charge in [0.15, 0.2) is 0 Å². The molecule has 52 valence electrons. The Kier molecular flexibility index (Phi) is 6.98. The summed E-state index contributed by atoms with van der Waals surface area (Å²) in [5.74, 6) is 0. The standard InChI is InChI=1S/C8H14O/c1-2-3-4-5-6-7-8-9/h3-4,6-7,9H,2,5,8H2,1H3. The van der Waals surface area contributed by atoms with Gasteiger partial charge in [0, 0.05) is 0 Å². The SMILES string of the molecule is CCC=CCC=CCO. The third-order valence-electron chi connectivity index (χ3n) is 0.947. The second kappa shape index (κ2) is 7.44. The Labute approximate surface area is 56.7 Å². The van der Waals surface area contributed by atoms with Gasteiger partial charge in [0.1, 0.15) is 0 Å². The van der Waals surface area contributed by atoms with Crippen LogP contribution in [0.4, 0.5) is 0 Å². The average molecular weight is 126 g/mol. The smallest absolute Gasteiger partial charge is 0.0612 e. The van der Waals surface area contributed by atoms with Crippen molar-refractivity contribution < 1.29 is 5.11 Å². The van der Waals surface area contributed by atoms with E-state index >= 15 is 0 Å². The van der Waals surface area contributed by atoms with E-state index in [1.54, 1.807) is 6.08 Å². The van der Waals surface area contributed by atoms with E-state index in [2.05, 4.69) is 19.1 Å². The van der Waals surface area contributed by atoms with Crippen LogP contribution in [0.15, 0.2) is 24.3 Å². The van der Waals surface area contributed by atoms with E-state index in [0.29, 0.717) is 0 Å². The lowest BCUT2D eigenvalue weighted by Crippen LogP contribution is -1.69. The summed E-state index contributed by atoms with van der Waals surface area (Å²) >= 11 is 0. The van der Waals surface area contributed by atoms with Crippen LogP contribution in [-0.2, 0) is 0 Å². The molecule has 0 fully saturated rings. The lowest BCUT2D eigenvalue weighted by Gasteiger charge is -1.79. The van der Waals surface area contributed by atoms with Crippen molar-refractivity contribution in [3.63, 3.8) is 0 Å². The van der Waals surface area contributed by atoms with E-state index in [1.807, 2.05) is 6.08 Å². The average Bonchev–Trinajstić information content (AvgIpc) is 1.89. The number of hydrogen-bond donors (Lipinski definition) is 1. The number of rotatable bonds is 4. The van der Waals surface area contributed by atoms with Gasteiger partial charge in [0.25, 0.3) is 0 Å². The molecule has 0 aromatic carbocycles. The quantitative estimate of drug-likeness (QED) is 0.570. The molecule has 0 radical (unpaired) electrons. The molecular formula is C8H14O. The fourth-order valence-electron chi connectivity index (χ4n) is 0.512. The Bertz CT molecular complexity index is 80.7. The van der Waals surface area contributed by atoms with Crippen molar-refractivity contribution in [3.05, 3.63) is 24.3 Å². The number of aliphatic hydroxyl groups excluding tert-OH is 1. The van der Waals surface area contributed by atoms with Gasteiger partial charge in [-0.15, -0.1) is 0 Å². The second-order valence-electron chi connectivity index (χ2n) is 1.77. The first kappa shape index (κ1) is 8.44. The van der Waals surface area contributed by atoms with Crippen molar-refractivity contribution in [3.8, 4) is 0 Å². The van der Waals surface area contributed by atoms with Crippen LogP contribution in [0.3, 0.4) is 0 Å². The van der Waals surface area contributed by atoms with Crippen LogP contribution < -0.4 is 0 Å². The molecule has 0 saturated heterocycles. The molecule has 0 amide bonds. The van der Waals surface area contributed by atoms with Crippen LogP contribution in [0.25, 0.3) is 0 Å². The molecule has 0 rings (SSSR count). The van der Waals surface area contributed by atoms with Crippen LogP contribution in [-0.4, -0.2) is 11.7 Å². The summed E-state index contributed by atoms with van der Waals surface area (Å²) in [5, 5.41) is 8.31. The number of allylic oxidation sites excluding steroid dienone is 3. The normalized spacial score (nSPS) is 11.8. The maximum atomic E-state index is 8.31. The van der Waals surface area contributed by atoms with Crippen molar-refractivity contribution in [2.75, 3.05) is 6.61 Å². The van der Waals surface area contributed by atoms with E-state index in [-0.39, 0.29) is 6.61 Å². The number of aliphatic hydroxyl groups is 1. The van der Waals surface area contributed by atoms with Crippen molar-refractivity contribution in [1.29, 1.82) is 0 Å². The molecule has 0 bridgehead atoms. The highest BCUT2D eigenvalue weighted by molar-refractivity contribution is 4.91. The summed E-state index contributed by atoms with van der Waals surface area (Å²) in [6.45, 7) is 2.26. The molecule has 0 heterocycles. The lowest BCUT2D eigenvalue weighted by atomic mass is 10.3. The first-order valence-corrected chi connectivity index (χ1v) is 3.32. The fraction of sp³-hybridized carbons (Fsp3) is 0.500. The van der Waals surface area contributed by atoms with Gasteiger partial charge in [-0.25, -0.2) is 0 Å². The zero-order valence-corrected chi connectivity index (χ0v) is 5.88. The minimum absolute atomic E-state index is 0.153. The van der Waals surface area contributed by atoms with Crippen LogP contribution in [0, 0.1) is 0 Å². The van der Waals surface area contributed by atoms with Crippen molar-refractivity contribution in [2.45, 2.75) is 19.8 Å². The summed E-state index contributed by atoms with van der Waals surface area (Å²) in [6.07, 6.45) is 9.93. The van der Waals surface area contributed by atoms with Crippen LogP contribution in [0.2, 0.25) is 0 Å². The summed E-state index contributed by atoms with van der Waals surface area (Å²) in [6, 6.07) is 0. The molecule has 1 nitrogen and oxygen atoms in total. The predicted octanol–water partition coefficient (Wildman–Crippen LogP) is 1.89. The van der Waals surface area contributed by atoms with E-state index < -0.39 is 0 Å². The molecular weight excluding hydrogens is 112 g/mol. The van der Waals surface area contributed by atoms with Crippen molar-refractivity contribution in [1.82, 2.24) is 0 Å². The van der Waals surface area contributed by atoms with E-state index in [0.717, 1.165) is 12.8 Å². The molecule has 0 unspecified atom stereocenters. The Hall–Kier alpha value is -0.560. The molecule has 0 aliphatic carbocycles. The van der Waals surface area contributed by atoms with Crippen molar-refractivity contribution in [2.24, 2.45) is 0 Å². The van der Waals surface area contributed by atoms with E-state index in [4.69, 9.17) is 5.11 Å². The highest BCUT2D eigenvalue weighted by atomic mass is 16.2. The molecule has 0 aromatic heterocycles. The lowest BCUT2D eigenvalue weighted by molar-refractivity contribution is 0.342. The van der Waals surface area contributed by atoms with Crippen LogP contribution in [0.5, 0.6) is 0 Å². The Morgan fingerprint density at radius 2 is 1.78 bits per heavy atom. The minimum atomic E-state index is 0.153. The monoisotopic (exact) mass is 126 g/mol. The Balaban J connectivity index is 3.08. The molecule has 0 saturated carbocycles. The molecule has 0 atom stereocenters. The second-order valence-corrected chi connectivity index (χ2v) is 1.77. The fourth-order valence-corrected chi connectivity index (χ4v) is 0.512. The maximum absolute atomic E-state index is 8.31. The van der Waals surface area contributed by atoms with Gasteiger partial charge in [-0.2, -0.15) is 0 Å². The molecule has 1 heteroatoms. The van der Waals surface area contributed by atoms with Gasteiger partial charge >= 0.3 is 0 Å². The highest BCUT2D eigenvalue weighted by Crippen LogP contribution is 1.86. The first-order chi connectivity index (χ1) is 4.41. The molecule has 0 aromatic rings. The Morgan fingerprint density at radius 3 is 2.33 bits per heavy atom. The van der Waals surface area contributed by atoms with Gasteiger partial charge in [-0.1, -0.05) is 31.2 Å². The first-order valence-electron chi connectivity index (χ1n) is 3.32. The zero-order chi connectivity index (χ0) is 6.95. The molecule has 1 N–H and O–H groups in total. The summed E-state index contributed by atoms with van der Waals surface area (Å²) in [4.78, 5) is 0. The van der Waals surface area contributed by atoms with Gasteiger partial charge in [-0.05, 0) is 12.8 Å². The third kappa shape index (κ3) is 7.44. The molecule has 0 spiro atoms. The largest absolute Gasteiger partial charge is 0.392 e. The molecule has 9 heavy (non-hydrogen) atoms. The summed E-state index contributed by atoms with van der Waals surface area (Å²) in [5.41, 5.74) is 0. The maximum Gasteiger partial charge on any atom is 0.0612 e. The highest BCUT2D eigenvalue weighted by Gasteiger charge is 1.68. The van der Waals surface area contributed by atoms with Crippen molar-refractivity contribution >= 4 is 0 Å². The topological polar surface area (TPSA) is 20.2 Å². The van der Waals surface area contributed by atoms with Gasteiger partial charge < -0.3 is 5.11 Å². The van der Waals surface area contributed by atoms with E-state index in [9.17, 15) is 0 Å². The minimum Gasteiger partial charge on any atom is -0.392 e.